The molecule has 10 rings (SSSR count). The molecule has 6 nitrogen and oxygen atoms in total. The van der Waals surface area contributed by atoms with Crippen LogP contribution in [-0.4, -0.2) is 14.5 Å². The van der Waals surface area contributed by atoms with Crippen molar-refractivity contribution in [2.45, 2.75) is 0 Å². The molecule has 10 aromatic rings. The molecule has 56 heavy (non-hydrogen) atoms. The van der Waals surface area contributed by atoms with E-state index in [4.69, 9.17) is 13.8 Å². The van der Waals surface area contributed by atoms with Crippen molar-refractivity contribution in [3.8, 4) is 39.7 Å². The molecule has 0 amide bonds. The first-order chi connectivity index (χ1) is 27.8. The second kappa shape index (κ2) is 14.3. The van der Waals surface area contributed by atoms with Crippen molar-refractivity contribution >= 4 is 50.0 Å². The standard InChI is InChI=1S/C50H34N4O2/c1-4-13-36(14-5-1)49-51-31-12-19-40(30-32-55-49)53(42-27-29-48-45(34-42)52-50(56-48)37-15-6-2-7-16-37)41-25-22-35(23-26-41)38-24-28-47-44(33-38)43-20-10-11-21-46(43)54(47)39-17-8-3-9-18-39/h1-34H. The number of oxazole rings is 1. The number of aromatic nitrogens is 3. The molecular weight excluding hydrogens is 689 g/mol. The first-order valence-electron chi connectivity index (χ1n) is 18.6. The van der Waals surface area contributed by atoms with Crippen LogP contribution in [0, 0.1) is 0 Å². The molecule has 3 heterocycles. The molecule has 0 unspecified atom stereocenters. The van der Waals surface area contributed by atoms with E-state index in [9.17, 15) is 0 Å². The molecule has 7 aromatic carbocycles. The first-order valence-corrected chi connectivity index (χ1v) is 18.6. The Labute approximate surface area is 323 Å². The lowest BCUT2D eigenvalue weighted by Gasteiger charge is -2.25. The van der Waals surface area contributed by atoms with Gasteiger partial charge in [0, 0.05) is 50.8 Å². The summed E-state index contributed by atoms with van der Waals surface area (Å²) in [4.78, 5) is 11.7. The summed E-state index contributed by atoms with van der Waals surface area (Å²) in [7, 11) is 0. The third-order valence-electron chi connectivity index (χ3n) is 10.0. The maximum absolute atomic E-state index is 6.19. The van der Waals surface area contributed by atoms with Crippen LogP contribution in [0.15, 0.2) is 215 Å². The van der Waals surface area contributed by atoms with E-state index in [-0.39, 0.29) is 0 Å². The summed E-state index contributed by atoms with van der Waals surface area (Å²) >= 11 is 0. The van der Waals surface area contributed by atoms with Gasteiger partial charge in [-0.1, -0.05) is 91.0 Å². The zero-order valence-electron chi connectivity index (χ0n) is 30.2. The normalized spacial score (nSPS) is 11.2. The summed E-state index contributed by atoms with van der Waals surface area (Å²) in [6.07, 6.45) is 3.45. The quantitative estimate of drug-likeness (QED) is 0.164. The Hall–Kier alpha value is -7.70. The third-order valence-corrected chi connectivity index (χ3v) is 10.0. The molecule has 0 aliphatic heterocycles. The minimum atomic E-state index is 0.518. The Morgan fingerprint density at radius 2 is 1.09 bits per heavy atom. The number of anilines is 3. The molecule has 0 aliphatic rings. The molecule has 0 spiro atoms. The van der Waals surface area contributed by atoms with Gasteiger partial charge in [-0.2, -0.15) is 0 Å². The molecule has 0 saturated carbocycles. The summed E-state index contributed by atoms with van der Waals surface area (Å²) in [6.45, 7) is 0. The van der Waals surface area contributed by atoms with Crippen LogP contribution in [0.1, 0.15) is 0 Å². The van der Waals surface area contributed by atoms with E-state index in [1.165, 1.54) is 21.8 Å². The van der Waals surface area contributed by atoms with Gasteiger partial charge in [-0.25, -0.2) is 9.97 Å². The lowest BCUT2D eigenvalue weighted by molar-refractivity contribution is 0.553. The summed E-state index contributed by atoms with van der Waals surface area (Å²) in [5.74, 6) is 1.10. The van der Waals surface area contributed by atoms with Gasteiger partial charge in [0.1, 0.15) is 5.52 Å². The highest BCUT2D eigenvalue weighted by atomic mass is 16.3. The van der Waals surface area contributed by atoms with Gasteiger partial charge in [-0.3, -0.25) is 0 Å². The van der Waals surface area contributed by atoms with E-state index < -0.39 is 0 Å². The molecule has 6 heteroatoms. The van der Waals surface area contributed by atoms with Gasteiger partial charge in [0.15, 0.2) is 5.58 Å². The van der Waals surface area contributed by atoms with Gasteiger partial charge >= 0.3 is 0 Å². The van der Waals surface area contributed by atoms with Gasteiger partial charge in [0.25, 0.3) is 0 Å². The summed E-state index contributed by atoms with van der Waals surface area (Å²) < 4.78 is 14.6. The van der Waals surface area contributed by atoms with Gasteiger partial charge in [0.05, 0.1) is 17.3 Å². The highest BCUT2D eigenvalue weighted by Crippen LogP contribution is 2.39. The second-order valence-electron chi connectivity index (χ2n) is 13.5. The lowest BCUT2D eigenvalue weighted by Crippen LogP contribution is -2.09. The van der Waals surface area contributed by atoms with E-state index in [1.807, 2.05) is 84.9 Å². The Balaban J connectivity index is 1.07. The molecule has 266 valence electrons. The van der Waals surface area contributed by atoms with E-state index in [0.29, 0.717) is 11.8 Å². The van der Waals surface area contributed by atoms with Gasteiger partial charge in [0.2, 0.25) is 11.8 Å². The summed E-state index contributed by atoms with van der Waals surface area (Å²) in [5.41, 5.74) is 11.8. The number of hydrogen-bond acceptors (Lipinski definition) is 5. The summed E-state index contributed by atoms with van der Waals surface area (Å²) in [5, 5.41) is 2.44. The van der Waals surface area contributed by atoms with Crippen LogP contribution < -0.4 is 4.90 Å². The molecule has 0 bridgehead atoms. The van der Waals surface area contributed by atoms with Crippen LogP contribution in [0.5, 0.6) is 0 Å². The van der Waals surface area contributed by atoms with Crippen molar-refractivity contribution in [1.29, 1.82) is 0 Å². The van der Waals surface area contributed by atoms with Gasteiger partial charge in [-0.05, 0) is 114 Å². The smallest absolute Gasteiger partial charge is 0.227 e. The van der Waals surface area contributed by atoms with Crippen molar-refractivity contribution in [1.82, 2.24) is 14.5 Å². The van der Waals surface area contributed by atoms with E-state index in [2.05, 4.69) is 124 Å². The highest BCUT2D eigenvalue weighted by Gasteiger charge is 2.17. The molecule has 0 aliphatic carbocycles. The molecule has 0 fully saturated rings. The molecule has 0 atom stereocenters. The molecule has 0 N–H and O–H groups in total. The number of nitrogens with zero attached hydrogens (tertiary/aromatic N) is 4. The van der Waals surface area contributed by atoms with E-state index in [1.54, 1.807) is 12.5 Å². The van der Waals surface area contributed by atoms with Crippen molar-refractivity contribution in [3.05, 3.63) is 207 Å². The average Bonchev–Trinajstić information content (AvgIpc) is 3.87. The molecule has 0 saturated heterocycles. The largest absolute Gasteiger partial charge is 0.446 e. The zero-order chi connectivity index (χ0) is 37.3. The minimum absolute atomic E-state index is 0.518. The zero-order valence-corrected chi connectivity index (χ0v) is 30.2. The van der Waals surface area contributed by atoms with Crippen molar-refractivity contribution in [2.75, 3.05) is 4.90 Å². The van der Waals surface area contributed by atoms with E-state index >= 15 is 0 Å². The van der Waals surface area contributed by atoms with Crippen LogP contribution in [0.25, 0.3) is 72.6 Å². The molecular formula is C50H34N4O2. The van der Waals surface area contributed by atoms with Gasteiger partial charge in [-0.15, -0.1) is 0 Å². The maximum atomic E-state index is 6.19. The highest BCUT2D eigenvalue weighted by molar-refractivity contribution is 6.10. The number of fused-ring (bicyclic) bond motifs is 4. The van der Waals surface area contributed by atoms with Crippen molar-refractivity contribution in [2.24, 2.45) is 0 Å². The van der Waals surface area contributed by atoms with Gasteiger partial charge < -0.3 is 18.3 Å². The monoisotopic (exact) mass is 722 g/mol. The summed E-state index contributed by atoms with van der Waals surface area (Å²) in [6, 6.07) is 66.5. The van der Waals surface area contributed by atoms with Crippen LogP contribution in [0.3, 0.4) is 0 Å². The predicted molar refractivity (Wildman–Crippen MR) is 227 cm³/mol. The topological polar surface area (TPSA) is 60.2 Å². The third kappa shape index (κ3) is 6.15. The number of rotatable bonds is 7. The fourth-order valence-corrected chi connectivity index (χ4v) is 7.40. The number of benzene rings is 7. The Morgan fingerprint density at radius 1 is 0.446 bits per heavy atom. The van der Waals surface area contributed by atoms with Crippen LogP contribution in [-0.2, 0) is 0 Å². The van der Waals surface area contributed by atoms with E-state index in [0.717, 1.165) is 56.1 Å². The molecule has 0 radical (unpaired) electrons. The Kier molecular flexibility index (Phi) is 8.39. The SMILES string of the molecule is c1ccc(-c2ncccc(N(c3ccc(-c4ccc5c(c4)c4ccccc4n5-c4ccccc4)cc3)c3ccc4oc(-c5ccccc5)nc4c3)cco2)cc1. The average molecular weight is 723 g/mol. The van der Waals surface area contributed by atoms with Crippen LogP contribution in [0.4, 0.5) is 17.1 Å². The fourth-order valence-electron chi connectivity index (χ4n) is 7.40. The Morgan fingerprint density at radius 3 is 1.88 bits per heavy atom. The Bertz CT molecular complexity index is 2980. The van der Waals surface area contributed by atoms with Crippen LogP contribution >= 0.6 is 0 Å². The maximum Gasteiger partial charge on any atom is 0.227 e. The molecule has 3 aromatic heterocycles. The first kappa shape index (κ1) is 32.9. The fraction of sp³-hybridized carbons (Fsp3) is 0. The van der Waals surface area contributed by atoms with Crippen LogP contribution in [0.2, 0.25) is 0 Å². The number of para-hydroxylation sites is 2. The second-order valence-corrected chi connectivity index (χ2v) is 13.5. The number of hydrogen-bond donors (Lipinski definition) is 0. The van der Waals surface area contributed by atoms with Crippen molar-refractivity contribution in [3.63, 3.8) is 0 Å². The lowest BCUT2D eigenvalue weighted by atomic mass is 10.0. The predicted octanol–water partition coefficient (Wildman–Crippen LogP) is 13.5. The van der Waals surface area contributed by atoms with Crippen molar-refractivity contribution < 1.29 is 8.83 Å². The minimum Gasteiger partial charge on any atom is -0.446 e.